The topological polar surface area (TPSA) is 99.1 Å². The number of hydrazine groups is 1. The van der Waals surface area contributed by atoms with Crippen molar-refractivity contribution in [3.8, 4) is 5.88 Å². The van der Waals surface area contributed by atoms with Crippen LogP contribution in [0.3, 0.4) is 0 Å². The van der Waals surface area contributed by atoms with E-state index in [4.69, 9.17) is 16.3 Å². The van der Waals surface area contributed by atoms with Crippen molar-refractivity contribution in [2.75, 3.05) is 11.2 Å². The van der Waals surface area contributed by atoms with Crippen LogP contribution in [-0.4, -0.2) is 16.1 Å². The number of ether oxygens (including phenoxy) is 1. The monoisotopic (exact) mass is 237 g/mol. The molecule has 2 rings (SSSR count). The van der Waals surface area contributed by atoms with E-state index in [0.29, 0.717) is 17.6 Å². The van der Waals surface area contributed by atoms with Crippen LogP contribution in [0.5, 0.6) is 5.88 Å². The molecule has 0 saturated heterocycles. The maximum Gasteiger partial charge on any atom is 0.225 e. The summed E-state index contributed by atoms with van der Waals surface area (Å²) in [5, 5.41) is 0. The van der Waals surface area contributed by atoms with E-state index in [1.54, 1.807) is 6.07 Å². The van der Waals surface area contributed by atoms with Crippen LogP contribution in [0.15, 0.2) is 6.07 Å². The highest BCUT2D eigenvalue weighted by Crippen LogP contribution is 2.27. The molecule has 2 unspecified atom stereocenters. The lowest BCUT2D eigenvalue weighted by Crippen LogP contribution is -2.24. The third-order valence-corrected chi connectivity index (χ3v) is 3.04. The fourth-order valence-corrected chi connectivity index (χ4v) is 2.23. The lowest BCUT2D eigenvalue weighted by atomic mass is 9.89. The number of hydrogen-bond donors (Lipinski definition) is 3. The number of anilines is 2. The fourth-order valence-electron chi connectivity index (χ4n) is 2.23. The van der Waals surface area contributed by atoms with Gasteiger partial charge in [-0.2, -0.15) is 9.97 Å². The van der Waals surface area contributed by atoms with Crippen LogP contribution in [0.4, 0.5) is 11.8 Å². The molecule has 0 amide bonds. The van der Waals surface area contributed by atoms with Crippen molar-refractivity contribution in [1.29, 1.82) is 0 Å². The van der Waals surface area contributed by atoms with Gasteiger partial charge < -0.3 is 15.9 Å². The zero-order chi connectivity index (χ0) is 12.3. The normalized spacial score (nSPS) is 24.4. The molecule has 0 radical (unpaired) electrons. The van der Waals surface area contributed by atoms with Gasteiger partial charge in [0.2, 0.25) is 11.8 Å². The van der Waals surface area contributed by atoms with E-state index in [-0.39, 0.29) is 12.1 Å². The lowest BCUT2D eigenvalue weighted by molar-refractivity contribution is 0.124. The molecule has 1 aromatic heterocycles. The van der Waals surface area contributed by atoms with Crippen LogP contribution in [0.1, 0.15) is 32.6 Å². The predicted molar refractivity (Wildman–Crippen MR) is 66.3 cm³/mol. The minimum absolute atomic E-state index is 0.166. The number of rotatable bonds is 3. The number of nitrogens with zero attached hydrogens (tertiary/aromatic N) is 2. The van der Waals surface area contributed by atoms with E-state index in [0.717, 1.165) is 12.8 Å². The highest BCUT2D eigenvalue weighted by molar-refractivity contribution is 5.41. The van der Waals surface area contributed by atoms with Crippen LogP contribution in [0.25, 0.3) is 0 Å². The molecule has 1 aliphatic carbocycles. The van der Waals surface area contributed by atoms with Crippen LogP contribution in [0.2, 0.25) is 0 Å². The van der Waals surface area contributed by atoms with Crippen molar-refractivity contribution in [2.24, 2.45) is 11.8 Å². The molecule has 1 fully saturated rings. The summed E-state index contributed by atoms with van der Waals surface area (Å²) in [6, 6.07) is 1.66. The largest absolute Gasteiger partial charge is 0.474 e. The number of nitrogen functional groups attached to an aromatic ring is 2. The third kappa shape index (κ3) is 3.20. The summed E-state index contributed by atoms with van der Waals surface area (Å²) in [4.78, 5) is 7.96. The molecule has 1 aliphatic rings. The minimum atomic E-state index is 0.166. The Labute approximate surface area is 101 Å². The number of hydrogen-bond acceptors (Lipinski definition) is 6. The zero-order valence-electron chi connectivity index (χ0n) is 10.0. The average molecular weight is 237 g/mol. The Morgan fingerprint density at radius 1 is 1.41 bits per heavy atom. The van der Waals surface area contributed by atoms with Gasteiger partial charge in [-0.15, -0.1) is 0 Å². The Kier molecular flexibility index (Phi) is 3.63. The summed E-state index contributed by atoms with van der Waals surface area (Å²) < 4.78 is 5.82. The third-order valence-electron chi connectivity index (χ3n) is 3.04. The summed E-state index contributed by atoms with van der Waals surface area (Å²) >= 11 is 0. The van der Waals surface area contributed by atoms with Crippen molar-refractivity contribution in [3.05, 3.63) is 6.07 Å². The minimum Gasteiger partial charge on any atom is -0.474 e. The second kappa shape index (κ2) is 5.18. The van der Waals surface area contributed by atoms with Crippen molar-refractivity contribution in [3.63, 3.8) is 0 Å². The molecule has 0 spiro atoms. The SMILES string of the molecule is CC1CCCC(Oc2cc(NN)nc(N)n2)C1. The van der Waals surface area contributed by atoms with Crippen molar-refractivity contribution in [1.82, 2.24) is 9.97 Å². The van der Waals surface area contributed by atoms with Gasteiger partial charge in [0.1, 0.15) is 11.9 Å². The summed E-state index contributed by atoms with van der Waals surface area (Å²) in [6.07, 6.45) is 4.84. The molecule has 2 atom stereocenters. The van der Waals surface area contributed by atoms with Gasteiger partial charge in [-0.1, -0.05) is 13.3 Å². The van der Waals surface area contributed by atoms with Gasteiger partial charge in [0.25, 0.3) is 0 Å². The predicted octanol–water partition coefficient (Wildman–Crippen LogP) is 1.30. The van der Waals surface area contributed by atoms with E-state index in [2.05, 4.69) is 22.3 Å². The maximum atomic E-state index is 5.82. The van der Waals surface area contributed by atoms with Gasteiger partial charge in [0, 0.05) is 6.07 Å². The summed E-state index contributed by atoms with van der Waals surface area (Å²) in [7, 11) is 0. The number of aromatic nitrogens is 2. The smallest absolute Gasteiger partial charge is 0.225 e. The van der Waals surface area contributed by atoms with Gasteiger partial charge in [-0.3, -0.25) is 0 Å². The number of nitrogens with two attached hydrogens (primary N) is 2. The highest BCUT2D eigenvalue weighted by Gasteiger charge is 2.20. The molecule has 94 valence electrons. The van der Waals surface area contributed by atoms with Gasteiger partial charge in [0.15, 0.2) is 0 Å². The molecular formula is C11H19N5O. The molecule has 0 aromatic carbocycles. The van der Waals surface area contributed by atoms with E-state index in [1.165, 1.54) is 12.8 Å². The molecular weight excluding hydrogens is 218 g/mol. The van der Waals surface area contributed by atoms with Crippen LogP contribution in [0, 0.1) is 5.92 Å². The van der Waals surface area contributed by atoms with Gasteiger partial charge in [-0.05, 0) is 25.2 Å². The first kappa shape index (κ1) is 11.9. The molecule has 5 N–H and O–H groups in total. The molecule has 17 heavy (non-hydrogen) atoms. The Morgan fingerprint density at radius 3 is 2.94 bits per heavy atom. The van der Waals surface area contributed by atoms with Crippen molar-refractivity contribution >= 4 is 11.8 Å². The van der Waals surface area contributed by atoms with Crippen molar-refractivity contribution in [2.45, 2.75) is 38.7 Å². The molecule has 1 heterocycles. The fraction of sp³-hybridized carbons (Fsp3) is 0.636. The average Bonchev–Trinajstić information content (AvgIpc) is 2.28. The van der Waals surface area contributed by atoms with E-state index < -0.39 is 0 Å². The Bertz CT molecular complexity index is 384. The highest BCUT2D eigenvalue weighted by atomic mass is 16.5. The Hall–Kier alpha value is -1.56. The summed E-state index contributed by atoms with van der Waals surface area (Å²) in [5.41, 5.74) is 8.01. The molecule has 6 heteroatoms. The molecule has 1 aromatic rings. The Balaban J connectivity index is 2.04. The van der Waals surface area contributed by atoms with E-state index in [1.807, 2.05) is 0 Å². The van der Waals surface area contributed by atoms with Gasteiger partial charge in [0.05, 0.1) is 0 Å². The first-order valence-corrected chi connectivity index (χ1v) is 5.95. The first-order valence-electron chi connectivity index (χ1n) is 5.95. The van der Waals surface area contributed by atoms with Gasteiger partial charge >= 0.3 is 0 Å². The second-order valence-electron chi connectivity index (χ2n) is 4.61. The molecule has 6 nitrogen and oxygen atoms in total. The quantitative estimate of drug-likeness (QED) is 0.541. The number of nitrogens with one attached hydrogen (secondary N) is 1. The van der Waals surface area contributed by atoms with Crippen LogP contribution >= 0.6 is 0 Å². The summed E-state index contributed by atoms with van der Waals surface area (Å²) in [6.45, 7) is 2.25. The molecule has 0 bridgehead atoms. The first-order chi connectivity index (χ1) is 8.17. The molecule has 1 saturated carbocycles. The van der Waals surface area contributed by atoms with Crippen LogP contribution in [-0.2, 0) is 0 Å². The Morgan fingerprint density at radius 2 is 2.24 bits per heavy atom. The van der Waals surface area contributed by atoms with Gasteiger partial charge in [-0.25, -0.2) is 5.84 Å². The standard InChI is InChI=1S/C11H19N5O/c1-7-3-2-4-8(5-7)17-10-6-9(16-13)14-11(12)15-10/h6-8H,2-5,13H2,1H3,(H3,12,14,15,16). The van der Waals surface area contributed by atoms with Crippen LogP contribution < -0.4 is 21.7 Å². The maximum absolute atomic E-state index is 5.82. The second-order valence-corrected chi connectivity index (χ2v) is 4.61. The zero-order valence-corrected chi connectivity index (χ0v) is 10.0. The van der Waals surface area contributed by atoms with E-state index >= 15 is 0 Å². The van der Waals surface area contributed by atoms with Crippen molar-refractivity contribution < 1.29 is 4.74 Å². The lowest BCUT2D eigenvalue weighted by Gasteiger charge is -2.26. The molecule has 0 aliphatic heterocycles. The van der Waals surface area contributed by atoms with E-state index in [9.17, 15) is 0 Å². The summed E-state index contributed by atoms with van der Waals surface area (Å²) in [5.74, 6) is 7.12.